The topological polar surface area (TPSA) is 46.6 Å². The molecule has 1 aliphatic heterocycles. The van der Waals surface area contributed by atoms with E-state index in [1.165, 1.54) is 0 Å². The Morgan fingerprint density at radius 1 is 1.20 bits per heavy atom. The van der Waals surface area contributed by atoms with Crippen molar-refractivity contribution in [2.24, 2.45) is 0 Å². The predicted molar refractivity (Wildman–Crippen MR) is 96.6 cm³/mol. The van der Waals surface area contributed by atoms with Gasteiger partial charge in [-0.2, -0.15) is 0 Å². The van der Waals surface area contributed by atoms with E-state index >= 15 is 0 Å². The highest BCUT2D eigenvalue weighted by atomic mass is 16.5. The number of benzene rings is 2. The molecule has 4 nitrogen and oxygen atoms in total. The van der Waals surface area contributed by atoms with Crippen molar-refractivity contribution in [2.45, 2.75) is 32.3 Å². The summed E-state index contributed by atoms with van der Waals surface area (Å²) in [7, 11) is 1.82. The monoisotopic (exact) mass is 337 g/mol. The van der Waals surface area contributed by atoms with Crippen molar-refractivity contribution in [3.05, 3.63) is 70.8 Å². The number of hydrogen-bond acceptors (Lipinski definition) is 3. The molecule has 3 rings (SSSR count). The summed E-state index contributed by atoms with van der Waals surface area (Å²) in [6.45, 7) is 2.84. The minimum atomic E-state index is -0.326. The molecule has 0 radical (unpaired) electrons. The Hall–Kier alpha value is -2.62. The van der Waals surface area contributed by atoms with Crippen LogP contribution in [0, 0.1) is 0 Å². The van der Waals surface area contributed by atoms with Gasteiger partial charge in [-0.05, 0) is 35.7 Å². The lowest BCUT2D eigenvalue weighted by Gasteiger charge is -2.26. The number of unbranched alkanes of at least 4 members (excludes halogenated alkanes) is 1. The third-order valence-corrected chi connectivity index (χ3v) is 4.59. The summed E-state index contributed by atoms with van der Waals surface area (Å²) in [6, 6.07) is 15.0. The molecule has 4 heteroatoms. The summed E-state index contributed by atoms with van der Waals surface area (Å²) in [6.07, 6.45) is 2.32. The van der Waals surface area contributed by atoms with Crippen LogP contribution in [0.2, 0.25) is 0 Å². The first-order valence-electron chi connectivity index (χ1n) is 8.74. The second-order valence-electron chi connectivity index (χ2n) is 6.46. The number of fused-ring (bicyclic) bond motifs is 1. The molecule has 0 N–H and O–H groups in total. The summed E-state index contributed by atoms with van der Waals surface area (Å²) in [5.41, 5.74) is 3.02. The van der Waals surface area contributed by atoms with E-state index in [0.29, 0.717) is 17.5 Å². The van der Waals surface area contributed by atoms with E-state index in [9.17, 15) is 9.59 Å². The van der Waals surface area contributed by atoms with Crippen LogP contribution in [0.15, 0.2) is 48.5 Å². The van der Waals surface area contributed by atoms with Crippen molar-refractivity contribution in [3.63, 3.8) is 0 Å². The maximum atomic E-state index is 12.6. The Balaban J connectivity index is 1.84. The molecule has 0 fully saturated rings. The van der Waals surface area contributed by atoms with Crippen LogP contribution in [0.1, 0.15) is 57.7 Å². The zero-order valence-corrected chi connectivity index (χ0v) is 14.7. The molecule has 2 aromatic rings. The van der Waals surface area contributed by atoms with E-state index in [0.717, 1.165) is 30.5 Å². The molecule has 0 saturated carbocycles. The summed E-state index contributed by atoms with van der Waals surface area (Å²) in [4.78, 5) is 26.6. The molecule has 130 valence electrons. The number of carbonyl (C=O) groups is 2. The summed E-state index contributed by atoms with van der Waals surface area (Å²) in [5.74, 6) is -0.333. The van der Waals surface area contributed by atoms with Crippen LogP contribution < -0.4 is 0 Å². The van der Waals surface area contributed by atoms with Gasteiger partial charge < -0.3 is 9.64 Å². The zero-order valence-electron chi connectivity index (χ0n) is 14.7. The van der Waals surface area contributed by atoms with Crippen LogP contribution in [0.3, 0.4) is 0 Å². The molecule has 25 heavy (non-hydrogen) atoms. The van der Waals surface area contributed by atoms with Crippen LogP contribution in [0.4, 0.5) is 0 Å². The largest absolute Gasteiger partial charge is 0.454 e. The number of hydrogen-bond donors (Lipinski definition) is 0. The van der Waals surface area contributed by atoms with Gasteiger partial charge in [0.15, 0.2) is 0 Å². The minimum absolute atomic E-state index is 0.00791. The normalized spacial score (nSPS) is 16.1. The predicted octanol–water partition coefficient (Wildman–Crippen LogP) is 4.01. The Kier molecular flexibility index (Phi) is 5.17. The van der Waals surface area contributed by atoms with Gasteiger partial charge in [-0.25, -0.2) is 4.79 Å². The molecule has 0 bridgehead atoms. The summed E-state index contributed by atoms with van der Waals surface area (Å²) < 4.78 is 5.57. The summed E-state index contributed by atoms with van der Waals surface area (Å²) >= 11 is 0. The average molecular weight is 337 g/mol. The first-order valence-corrected chi connectivity index (χ1v) is 8.74. The Bertz CT molecular complexity index is 770. The van der Waals surface area contributed by atoms with Crippen molar-refractivity contribution in [2.75, 3.05) is 13.6 Å². The molecular formula is C21H23NO3. The van der Waals surface area contributed by atoms with E-state index in [4.69, 9.17) is 4.74 Å². The van der Waals surface area contributed by atoms with Crippen LogP contribution in [0.25, 0.3) is 0 Å². The Morgan fingerprint density at radius 2 is 1.96 bits per heavy atom. The molecule has 0 spiro atoms. The van der Waals surface area contributed by atoms with Crippen molar-refractivity contribution >= 4 is 11.9 Å². The first kappa shape index (κ1) is 17.2. The van der Waals surface area contributed by atoms with Crippen molar-refractivity contribution in [1.82, 2.24) is 4.90 Å². The fraction of sp³-hybridized carbons (Fsp3) is 0.333. The second kappa shape index (κ2) is 7.51. The first-order chi connectivity index (χ1) is 12.1. The van der Waals surface area contributed by atoms with Gasteiger partial charge >= 0.3 is 5.97 Å². The van der Waals surface area contributed by atoms with E-state index in [-0.39, 0.29) is 18.0 Å². The van der Waals surface area contributed by atoms with Gasteiger partial charge in [0.05, 0.1) is 5.56 Å². The lowest BCUT2D eigenvalue weighted by Crippen LogP contribution is -2.28. The molecule has 0 unspecified atom stereocenters. The van der Waals surface area contributed by atoms with Gasteiger partial charge in [0.1, 0.15) is 6.10 Å². The van der Waals surface area contributed by atoms with Gasteiger partial charge in [0.25, 0.3) is 5.91 Å². The molecule has 1 atom stereocenters. The SMILES string of the molecule is CCCCN(C)C(=O)c1ccc2c(c1)C[C@@H](c1ccccc1)OC2=O. The number of ether oxygens (including phenoxy) is 1. The highest BCUT2D eigenvalue weighted by Crippen LogP contribution is 2.31. The maximum absolute atomic E-state index is 12.6. The smallest absolute Gasteiger partial charge is 0.339 e. The summed E-state index contributed by atoms with van der Waals surface area (Å²) in [5, 5.41) is 0. The fourth-order valence-corrected chi connectivity index (χ4v) is 3.10. The average Bonchev–Trinajstić information content (AvgIpc) is 2.65. The molecule has 0 saturated heterocycles. The van der Waals surface area contributed by atoms with Crippen molar-refractivity contribution < 1.29 is 14.3 Å². The number of esters is 1. The number of carbonyl (C=O) groups excluding carboxylic acids is 2. The van der Waals surface area contributed by atoms with Crippen molar-refractivity contribution in [3.8, 4) is 0 Å². The number of amides is 1. The van der Waals surface area contributed by atoms with E-state index in [1.54, 1.807) is 17.0 Å². The zero-order chi connectivity index (χ0) is 17.8. The number of nitrogens with zero attached hydrogens (tertiary/aromatic N) is 1. The van der Waals surface area contributed by atoms with Crippen LogP contribution in [-0.4, -0.2) is 30.4 Å². The fourth-order valence-electron chi connectivity index (χ4n) is 3.10. The molecule has 0 aromatic heterocycles. The molecule has 1 heterocycles. The number of rotatable bonds is 5. The standard InChI is InChI=1S/C21H23NO3/c1-3-4-12-22(2)20(23)16-10-11-18-17(13-16)14-19(25-21(18)24)15-8-6-5-7-9-15/h5-11,13,19H,3-4,12,14H2,1-2H3/t19-/m0/s1. The van der Waals surface area contributed by atoms with Gasteiger partial charge in [0, 0.05) is 25.6 Å². The highest BCUT2D eigenvalue weighted by Gasteiger charge is 2.28. The van der Waals surface area contributed by atoms with Gasteiger partial charge in [-0.15, -0.1) is 0 Å². The van der Waals surface area contributed by atoms with E-state index < -0.39 is 0 Å². The van der Waals surface area contributed by atoms with Crippen LogP contribution in [0.5, 0.6) is 0 Å². The lowest BCUT2D eigenvalue weighted by molar-refractivity contribution is 0.0252. The molecular weight excluding hydrogens is 314 g/mol. The van der Waals surface area contributed by atoms with E-state index in [2.05, 4.69) is 6.92 Å². The second-order valence-corrected chi connectivity index (χ2v) is 6.46. The Morgan fingerprint density at radius 3 is 2.68 bits per heavy atom. The van der Waals surface area contributed by atoms with E-state index in [1.807, 2.05) is 43.4 Å². The minimum Gasteiger partial charge on any atom is -0.454 e. The molecule has 2 aromatic carbocycles. The lowest BCUT2D eigenvalue weighted by atomic mass is 9.93. The Labute approximate surface area is 148 Å². The molecule has 1 aliphatic rings. The molecule has 1 amide bonds. The van der Waals surface area contributed by atoms with Gasteiger partial charge in [-0.1, -0.05) is 43.7 Å². The maximum Gasteiger partial charge on any atom is 0.339 e. The van der Waals surface area contributed by atoms with Gasteiger partial charge in [-0.3, -0.25) is 4.79 Å². The number of cyclic esters (lactones) is 1. The third-order valence-electron chi connectivity index (χ3n) is 4.59. The van der Waals surface area contributed by atoms with Gasteiger partial charge in [0.2, 0.25) is 0 Å². The van der Waals surface area contributed by atoms with Crippen molar-refractivity contribution in [1.29, 1.82) is 0 Å². The highest BCUT2D eigenvalue weighted by molar-refractivity contribution is 5.97. The van der Waals surface area contributed by atoms with Crippen LogP contribution in [-0.2, 0) is 11.2 Å². The third kappa shape index (κ3) is 3.73. The van der Waals surface area contributed by atoms with Crippen LogP contribution >= 0.6 is 0 Å². The molecule has 0 aliphatic carbocycles. The quantitative estimate of drug-likeness (QED) is 0.774.